The van der Waals surface area contributed by atoms with E-state index in [2.05, 4.69) is 20.8 Å². The Bertz CT molecular complexity index is 647. The number of nitrogens with zero attached hydrogens (tertiary/aromatic N) is 2. The van der Waals surface area contributed by atoms with E-state index in [9.17, 15) is 4.79 Å². The van der Waals surface area contributed by atoms with Crippen LogP contribution in [0.25, 0.3) is 10.9 Å². The van der Waals surface area contributed by atoms with Crippen molar-refractivity contribution in [2.24, 2.45) is 5.10 Å². The number of hydrogen-bond donors (Lipinski definition) is 2. The fraction of sp³-hybridized carbons (Fsp3) is 0.267. The zero-order chi connectivity index (χ0) is 13.8. The van der Waals surface area contributed by atoms with Crippen LogP contribution in [-0.4, -0.2) is 29.7 Å². The molecule has 1 aliphatic rings. The predicted octanol–water partition coefficient (Wildman–Crippen LogP) is 1.44. The zero-order valence-corrected chi connectivity index (χ0v) is 11.0. The Hall–Kier alpha value is -2.27. The molecule has 1 atom stereocenters. The highest BCUT2D eigenvalue weighted by Gasteiger charge is 2.21. The van der Waals surface area contributed by atoms with E-state index in [4.69, 9.17) is 0 Å². The van der Waals surface area contributed by atoms with Crippen molar-refractivity contribution in [3.05, 3.63) is 42.1 Å². The fourth-order valence-electron chi connectivity index (χ4n) is 2.33. The monoisotopic (exact) mass is 268 g/mol. The van der Waals surface area contributed by atoms with Crippen molar-refractivity contribution in [1.82, 2.24) is 15.7 Å². The molecule has 0 bridgehead atoms. The van der Waals surface area contributed by atoms with Gasteiger partial charge in [-0.2, -0.15) is 5.10 Å². The number of pyridine rings is 1. The molecule has 3 rings (SSSR count). The second kappa shape index (κ2) is 5.79. The standard InChI is InChI=1S/C15H16N4O/c20-15(14-4-2-8-17-14)19-18-10-11-5-6-13-12(9-11)3-1-7-16-13/h1,3,5-7,9-10,14,17H,2,4,8H2,(H,19,20)/b18-10-/t14-/m1/s1. The van der Waals surface area contributed by atoms with Gasteiger partial charge < -0.3 is 5.32 Å². The first-order valence-corrected chi connectivity index (χ1v) is 6.74. The highest BCUT2D eigenvalue weighted by atomic mass is 16.2. The molecular formula is C15H16N4O. The van der Waals surface area contributed by atoms with E-state index < -0.39 is 0 Å². The molecule has 102 valence electrons. The summed E-state index contributed by atoms with van der Waals surface area (Å²) in [6, 6.07) is 9.66. The predicted molar refractivity (Wildman–Crippen MR) is 78.5 cm³/mol. The van der Waals surface area contributed by atoms with Crippen molar-refractivity contribution in [3.63, 3.8) is 0 Å². The van der Waals surface area contributed by atoms with Crippen LogP contribution in [0.3, 0.4) is 0 Å². The van der Waals surface area contributed by atoms with E-state index in [-0.39, 0.29) is 11.9 Å². The number of nitrogens with one attached hydrogen (secondary N) is 2. The lowest BCUT2D eigenvalue weighted by molar-refractivity contribution is -0.122. The van der Waals surface area contributed by atoms with Crippen LogP contribution in [0.2, 0.25) is 0 Å². The second-order valence-corrected chi connectivity index (χ2v) is 4.84. The third-order valence-corrected chi connectivity index (χ3v) is 3.39. The lowest BCUT2D eigenvalue weighted by Gasteiger charge is -2.06. The molecule has 1 saturated heterocycles. The van der Waals surface area contributed by atoms with E-state index in [1.165, 1.54) is 0 Å². The summed E-state index contributed by atoms with van der Waals surface area (Å²) in [6.45, 7) is 0.902. The first-order valence-electron chi connectivity index (χ1n) is 6.74. The molecular weight excluding hydrogens is 252 g/mol. The summed E-state index contributed by atoms with van der Waals surface area (Å²) in [7, 11) is 0. The van der Waals surface area contributed by atoms with Gasteiger partial charge in [0.25, 0.3) is 5.91 Å². The number of carbonyl (C=O) groups is 1. The Morgan fingerprint density at radius 1 is 1.45 bits per heavy atom. The van der Waals surface area contributed by atoms with Crippen LogP contribution in [0.1, 0.15) is 18.4 Å². The van der Waals surface area contributed by atoms with Crippen molar-refractivity contribution in [1.29, 1.82) is 0 Å². The molecule has 0 spiro atoms. The highest BCUT2D eigenvalue weighted by molar-refractivity contribution is 5.89. The molecule has 0 saturated carbocycles. The summed E-state index contributed by atoms with van der Waals surface area (Å²) in [5, 5.41) is 8.20. The molecule has 20 heavy (non-hydrogen) atoms. The number of amides is 1. The number of rotatable bonds is 3. The summed E-state index contributed by atoms with van der Waals surface area (Å²) < 4.78 is 0. The first kappa shape index (κ1) is 12.7. The Morgan fingerprint density at radius 3 is 3.25 bits per heavy atom. The molecule has 5 heteroatoms. The second-order valence-electron chi connectivity index (χ2n) is 4.84. The zero-order valence-electron chi connectivity index (χ0n) is 11.0. The fourth-order valence-corrected chi connectivity index (χ4v) is 2.33. The Balaban J connectivity index is 1.66. The molecule has 1 aliphatic heterocycles. The SMILES string of the molecule is O=C(N/N=C\c1ccc2ncccc2c1)[C@H]1CCCN1. The topological polar surface area (TPSA) is 66.4 Å². The molecule has 0 aliphatic carbocycles. The minimum atomic E-state index is -0.104. The van der Waals surface area contributed by atoms with Gasteiger partial charge in [0.1, 0.15) is 0 Å². The van der Waals surface area contributed by atoms with Crippen LogP contribution in [-0.2, 0) is 4.79 Å². The number of fused-ring (bicyclic) bond motifs is 1. The van der Waals surface area contributed by atoms with Gasteiger partial charge in [0.2, 0.25) is 0 Å². The maximum atomic E-state index is 11.8. The molecule has 0 radical (unpaired) electrons. The molecule has 0 unspecified atom stereocenters. The summed E-state index contributed by atoms with van der Waals surface area (Å²) >= 11 is 0. The lowest BCUT2D eigenvalue weighted by atomic mass is 10.1. The molecule has 1 amide bonds. The minimum absolute atomic E-state index is 0.0683. The molecule has 1 fully saturated rings. The van der Waals surface area contributed by atoms with Gasteiger partial charge in [-0.15, -0.1) is 0 Å². The van der Waals surface area contributed by atoms with Crippen LogP contribution >= 0.6 is 0 Å². The normalized spacial score (nSPS) is 18.7. The number of aromatic nitrogens is 1. The van der Waals surface area contributed by atoms with E-state index in [0.717, 1.165) is 35.9 Å². The number of carbonyl (C=O) groups excluding carboxylic acids is 1. The van der Waals surface area contributed by atoms with E-state index in [0.29, 0.717) is 0 Å². The smallest absolute Gasteiger partial charge is 0.257 e. The molecule has 5 nitrogen and oxygen atoms in total. The van der Waals surface area contributed by atoms with Gasteiger partial charge in [0.15, 0.2) is 0 Å². The van der Waals surface area contributed by atoms with E-state index >= 15 is 0 Å². The molecule has 2 aromatic rings. The van der Waals surface area contributed by atoms with Crippen molar-refractivity contribution in [2.45, 2.75) is 18.9 Å². The quantitative estimate of drug-likeness (QED) is 0.654. The minimum Gasteiger partial charge on any atom is -0.306 e. The van der Waals surface area contributed by atoms with Crippen LogP contribution in [0.15, 0.2) is 41.6 Å². The van der Waals surface area contributed by atoms with Crippen LogP contribution in [0, 0.1) is 0 Å². The van der Waals surface area contributed by atoms with Gasteiger partial charge in [0, 0.05) is 11.6 Å². The summed E-state index contributed by atoms with van der Waals surface area (Å²) in [5.41, 5.74) is 4.46. The number of benzene rings is 1. The number of hydrogen-bond acceptors (Lipinski definition) is 4. The highest BCUT2D eigenvalue weighted by Crippen LogP contribution is 2.11. The van der Waals surface area contributed by atoms with E-state index in [1.807, 2.05) is 30.3 Å². The summed E-state index contributed by atoms with van der Waals surface area (Å²) in [6.07, 6.45) is 5.34. The van der Waals surface area contributed by atoms with Crippen LogP contribution in [0.5, 0.6) is 0 Å². The van der Waals surface area contributed by atoms with Gasteiger partial charge in [-0.3, -0.25) is 9.78 Å². The van der Waals surface area contributed by atoms with Crippen molar-refractivity contribution < 1.29 is 4.79 Å². The Labute approximate surface area is 117 Å². The average molecular weight is 268 g/mol. The van der Waals surface area contributed by atoms with Crippen LogP contribution in [0.4, 0.5) is 0 Å². The van der Waals surface area contributed by atoms with Crippen molar-refractivity contribution in [2.75, 3.05) is 6.54 Å². The first-order chi connectivity index (χ1) is 9.83. The third-order valence-electron chi connectivity index (χ3n) is 3.39. The van der Waals surface area contributed by atoms with Gasteiger partial charge in [-0.05, 0) is 43.1 Å². The average Bonchev–Trinajstić information content (AvgIpc) is 3.01. The van der Waals surface area contributed by atoms with Gasteiger partial charge >= 0.3 is 0 Å². The Kier molecular flexibility index (Phi) is 3.69. The van der Waals surface area contributed by atoms with Gasteiger partial charge in [0.05, 0.1) is 17.8 Å². The lowest BCUT2D eigenvalue weighted by Crippen LogP contribution is -2.38. The molecule has 1 aromatic carbocycles. The Morgan fingerprint density at radius 2 is 2.40 bits per heavy atom. The molecule has 2 heterocycles. The van der Waals surface area contributed by atoms with Crippen molar-refractivity contribution >= 4 is 23.0 Å². The van der Waals surface area contributed by atoms with E-state index in [1.54, 1.807) is 12.4 Å². The number of hydrazone groups is 1. The molecule has 1 aromatic heterocycles. The largest absolute Gasteiger partial charge is 0.306 e. The summed E-state index contributed by atoms with van der Waals surface area (Å²) in [5.74, 6) is -0.0683. The van der Waals surface area contributed by atoms with Crippen molar-refractivity contribution in [3.8, 4) is 0 Å². The molecule has 2 N–H and O–H groups in total. The maximum absolute atomic E-state index is 11.8. The van der Waals surface area contributed by atoms with Gasteiger partial charge in [-0.25, -0.2) is 5.43 Å². The maximum Gasteiger partial charge on any atom is 0.257 e. The van der Waals surface area contributed by atoms with Gasteiger partial charge in [-0.1, -0.05) is 12.1 Å². The summed E-state index contributed by atoms with van der Waals surface area (Å²) in [4.78, 5) is 16.0. The third kappa shape index (κ3) is 2.83. The van der Waals surface area contributed by atoms with Crippen LogP contribution < -0.4 is 10.7 Å².